The lowest BCUT2D eigenvalue weighted by atomic mass is 9.93. The summed E-state index contributed by atoms with van der Waals surface area (Å²) in [6, 6.07) is 0.510. The zero-order valence-corrected chi connectivity index (χ0v) is 11.9. The highest BCUT2D eigenvalue weighted by molar-refractivity contribution is 5.76. The van der Waals surface area contributed by atoms with E-state index in [1.807, 2.05) is 4.90 Å². The third-order valence-electron chi connectivity index (χ3n) is 4.10. The summed E-state index contributed by atoms with van der Waals surface area (Å²) in [6.07, 6.45) is 5.64. The molecule has 1 saturated carbocycles. The summed E-state index contributed by atoms with van der Waals surface area (Å²) < 4.78 is 10.7. The Bertz CT molecular complexity index is 280. The Labute approximate surface area is 115 Å². The fourth-order valence-corrected chi connectivity index (χ4v) is 2.90. The summed E-state index contributed by atoms with van der Waals surface area (Å²) in [5, 5.41) is 3.50. The minimum atomic E-state index is 0.245. The summed E-state index contributed by atoms with van der Waals surface area (Å²) in [5.74, 6) is 0.245. The van der Waals surface area contributed by atoms with E-state index >= 15 is 0 Å². The summed E-state index contributed by atoms with van der Waals surface area (Å²) in [6.45, 7) is 3.62. The third kappa shape index (κ3) is 4.75. The molecule has 2 unspecified atom stereocenters. The van der Waals surface area contributed by atoms with Gasteiger partial charge >= 0.3 is 0 Å². The van der Waals surface area contributed by atoms with Gasteiger partial charge in [-0.15, -0.1) is 0 Å². The van der Waals surface area contributed by atoms with Crippen LogP contribution >= 0.6 is 0 Å². The molecule has 5 heteroatoms. The van der Waals surface area contributed by atoms with Crippen LogP contribution in [0.5, 0.6) is 0 Å². The molecule has 1 amide bonds. The first kappa shape index (κ1) is 14.8. The molecule has 1 aliphatic carbocycles. The number of hydrogen-bond donors (Lipinski definition) is 1. The number of morpholine rings is 1. The predicted octanol–water partition coefficient (Wildman–Crippen LogP) is 0.783. The molecule has 0 aromatic rings. The maximum Gasteiger partial charge on any atom is 0.224 e. The van der Waals surface area contributed by atoms with Crippen LogP contribution in [0.15, 0.2) is 0 Å². The molecule has 2 atom stereocenters. The second-order valence-corrected chi connectivity index (χ2v) is 5.42. The first-order valence-corrected chi connectivity index (χ1v) is 7.41. The normalized spacial score (nSPS) is 28.4. The highest BCUT2D eigenvalue weighted by Crippen LogP contribution is 2.20. The van der Waals surface area contributed by atoms with Crippen LogP contribution in [0.3, 0.4) is 0 Å². The highest BCUT2D eigenvalue weighted by atomic mass is 16.5. The van der Waals surface area contributed by atoms with E-state index in [1.54, 1.807) is 7.11 Å². The fourth-order valence-electron chi connectivity index (χ4n) is 2.90. The van der Waals surface area contributed by atoms with Gasteiger partial charge in [-0.05, 0) is 25.7 Å². The molecule has 110 valence electrons. The van der Waals surface area contributed by atoms with Crippen molar-refractivity contribution in [2.24, 2.45) is 0 Å². The van der Waals surface area contributed by atoms with Gasteiger partial charge in [0.05, 0.1) is 19.3 Å². The van der Waals surface area contributed by atoms with Crippen LogP contribution in [0, 0.1) is 0 Å². The van der Waals surface area contributed by atoms with Crippen LogP contribution in [0.1, 0.15) is 32.1 Å². The topological polar surface area (TPSA) is 50.8 Å². The SMILES string of the molecule is COC1CCCC(NCCC(=O)N2CCOCC2)C1. The van der Waals surface area contributed by atoms with Gasteiger partial charge in [0, 0.05) is 39.2 Å². The first-order valence-electron chi connectivity index (χ1n) is 7.41. The van der Waals surface area contributed by atoms with Crippen molar-refractivity contribution in [1.29, 1.82) is 0 Å². The van der Waals surface area contributed by atoms with E-state index in [9.17, 15) is 4.79 Å². The highest BCUT2D eigenvalue weighted by Gasteiger charge is 2.22. The van der Waals surface area contributed by atoms with Crippen LogP contribution < -0.4 is 5.32 Å². The standard InChI is InChI=1S/C14H26N2O3/c1-18-13-4-2-3-12(11-13)15-6-5-14(17)16-7-9-19-10-8-16/h12-13,15H,2-11H2,1H3. The Morgan fingerprint density at radius 2 is 2.16 bits per heavy atom. The minimum Gasteiger partial charge on any atom is -0.381 e. The van der Waals surface area contributed by atoms with E-state index in [2.05, 4.69) is 5.32 Å². The molecule has 1 heterocycles. The molecule has 1 saturated heterocycles. The maximum atomic E-state index is 12.0. The fraction of sp³-hybridized carbons (Fsp3) is 0.929. The number of methoxy groups -OCH3 is 1. The van der Waals surface area contributed by atoms with Gasteiger partial charge in [-0.3, -0.25) is 4.79 Å². The van der Waals surface area contributed by atoms with Gasteiger partial charge in [-0.1, -0.05) is 0 Å². The Hall–Kier alpha value is -0.650. The number of nitrogens with one attached hydrogen (secondary N) is 1. The van der Waals surface area contributed by atoms with Crippen molar-refractivity contribution < 1.29 is 14.3 Å². The molecule has 1 aliphatic heterocycles. The number of carbonyl (C=O) groups excluding carboxylic acids is 1. The van der Waals surface area contributed by atoms with Crippen molar-refractivity contribution >= 4 is 5.91 Å². The van der Waals surface area contributed by atoms with E-state index in [1.165, 1.54) is 19.3 Å². The van der Waals surface area contributed by atoms with E-state index < -0.39 is 0 Å². The number of ether oxygens (including phenoxy) is 2. The van der Waals surface area contributed by atoms with Crippen LogP contribution in [-0.4, -0.2) is 62.9 Å². The summed E-state index contributed by atoms with van der Waals surface area (Å²) in [7, 11) is 1.79. The Balaban J connectivity index is 1.61. The molecule has 1 N–H and O–H groups in total. The zero-order chi connectivity index (χ0) is 13.5. The third-order valence-corrected chi connectivity index (χ3v) is 4.10. The zero-order valence-electron chi connectivity index (χ0n) is 11.9. The lowest BCUT2D eigenvalue weighted by molar-refractivity contribution is -0.135. The van der Waals surface area contributed by atoms with Gasteiger partial charge in [-0.25, -0.2) is 0 Å². The minimum absolute atomic E-state index is 0.245. The van der Waals surface area contributed by atoms with Crippen molar-refractivity contribution in [2.75, 3.05) is 40.0 Å². The van der Waals surface area contributed by atoms with Crippen molar-refractivity contribution in [1.82, 2.24) is 10.2 Å². The number of hydrogen-bond acceptors (Lipinski definition) is 4. The van der Waals surface area contributed by atoms with E-state index in [-0.39, 0.29) is 5.91 Å². The molecule has 2 fully saturated rings. The molecule has 2 aliphatic rings. The van der Waals surface area contributed by atoms with E-state index in [4.69, 9.17) is 9.47 Å². The van der Waals surface area contributed by atoms with Gasteiger partial charge in [0.2, 0.25) is 5.91 Å². The van der Waals surface area contributed by atoms with Crippen LogP contribution in [0.2, 0.25) is 0 Å². The molecule has 0 radical (unpaired) electrons. The van der Waals surface area contributed by atoms with Crippen LogP contribution in [-0.2, 0) is 14.3 Å². The van der Waals surface area contributed by atoms with Crippen molar-refractivity contribution in [3.05, 3.63) is 0 Å². The number of carbonyl (C=O) groups is 1. The quantitative estimate of drug-likeness (QED) is 0.802. The monoisotopic (exact) mass is 270 g/mol. The van der Waals surface area contributed by atoms with Gasteiger partial charge < -0.3 is 19.7 Å². The molecule has 19 heavy (non-hydrogen) atoms. The lowest BCUT2D eigenvalue weighted by Gasteiger charge is -2.30. The average Bonchev–Trinajstić information content (AvgIpc) is 2.48. The summed E-state index contributed by atoms with van der Waals surface area (Å²) in [5.41, 5.74) is 0. The second-order valence-electron chi connectivity index (χ2n) is 5.42. The predicted molar refractivity (Wildman–Crippen MR) is 73.1 cm³/mol. The largest absolute Gasteiger partial charge is 0.381 e. The van der Waals surface area contributed by atoms with Gasteiger partial charge in [-0.2, -0.15) is 0 Å². The lowest BCUT2D eigenvalue weighted by Crippen LogP contribution is -2.43. The molecular formula is C14H26N2O3. The molecule has 2 rings (SSSR count). The van der Waals surface area contributed by atoms with Crippen LogP contribution in [0.25, 0.3) is 0 Å². The van der Waals surface area contributed by atoms with Crippen molar-refractivity contribution in [2.45, 2.75) is 44.2 Å². The van der Waals surface area contributed by atoms with E-state index in [0.29, 0.717) is 31.8 Å². The summed E-state index contributed by atoms with van der Waals surface area (Å²) in [4.78, 5) is 13.9. The van der Waals surface area contributed by atoms with E-state index in [0.717, 1.165) is 26.1 Å². The average molecular weight is 270 g/mol. The second kappa shape index (κ2) is 7.82. The molecule has 5 nitrogen and oxygen atoms in total. The Kier molecular flexibility index (Phi) is 6.07. The molecule has 0 bridgehead atoms. The smallest absolute Gasteiger partial charge is 0.224 e. The molecule has 0 aromatic carbocycles. The maximum absolute atomic E-state index is 12.0. The Morgan fingerprint density at radius 3 is 2.89 bits per heavy atom. The molecule has 0 aromatic heterocycles. The first-order chi connectivity index (χ1) is 9.29. The summed E-state index contributed by atoms with van der Waals surface area (Å²) >= 11 is 0. The van der Waals surface area contributed by atoms with Crippen LogP contribution in [0.4, 0.5) is 0 Å². The molecular weight excluding hydrogens is 244 g/mol. The Morgan fingerprint density at radius 1 is 1.37 bits per heavy atom. The van der Waals surface area contributed by atoms with Gasteiger partial charge in [0.15, 0.2) is 0 Å². The van der Waals surface area contributed by atoms with Crippen molar-refractivity contribution in [3.63, 3.8) is 0 Å². The van der Waals surface area contributed by atoms with Crippen molar-refractivity contribution in [3.8, 4) is 0 Å². The number of amides is 1. The number of rotatable bonds is 5. The molecule has 0 spiro atoms. The van der Waals surface area contributed by atoms with Gasteiger partial charge in [0.25, 0.3) is 0 Å². The van der Waals surface area contributed by atoms with Gasteiger partial charge in [0.1, 0.15) is 0 Å². The number of nitrogens with zero attached hydrogens (tertiary/aromatic N) is 1.